The molecule has 1 aromatic heterocycles. The first-order chi connectivity index (χ1) is 22.2. The standard InChI is InChI=1S/C36H34F3NO6S/c1-22-9-10-23-7-5-6-8-29(23)33(22)47(42,43)40(20-28-15-16-32(46-28)36(37,38)39)19-26-13-11-25(18-31(26)44-4)24-12-14-27-21-45-34(41)35(2,3)30(27)17-24/h5-18,34,41H,19-21H2,1-4H3. The van der Waals surface area contributed by atoms with Gasteiger partial charge in [-0.1, -0.05) is 80.6 Å². The fraction of sp³-hybridized carbons (Fsp3) is 0.278. The van der Waals surface area contributed by atoms with Crippen LogP contribution < -0.4 is 4.74 Å². The second-order valence-corrected chi connectivity index (χ2v) is 14.1. The number of nitrogens with zero attached hydrogens (tertiary/aromatic N) is 1. The normalized spacial score (nSPS) is 16.4. The van der Waals surface area contributed by atoms with Crippen LogP contribution in [-0.2, 0) is 46.0 Å². The molecule has 1 aliphatic heterocycles. The van der Waals surface area contributed by atoms with Gasteiger partial charge in [-0.2, -0.15) is 17.5 Å². The molecule has 47 heavy (non-hydrogen) atoms. The number of rotatable bonds is 8. The van der Waals surface area contributed by atoms with E-state index in [9.17, 15) is 26.7 Å². The smallest absolute Gasteiger partial charge is 0.449 e. The number of sulfonamides is 1. The minimum Gasteiger partial charge on any atom is -0.496 e. The van der Waals surface area contributed by atoms with Crippen molar-refractivity contribution in [1.29, 1.82) is 0 Å². The summed E-state index contributed by atoms with van der Waals surface area (Å²) in [6.07, 6.45) is -5.67. The number of hydrogen-bond donors (Lipinski definition) is 1. The van der Waals surface area contributed by atoms with Crippen molar-refractivity contribution in [2.45, 2.75) is 63.2 Å². The number of methoxy groups -OCH3 is 1. The Balaban J connectivity index is 1.41. The van der Waals surface area contributed by atoms with Gasteiger partial charge in [0.1, 0.15) is 11.5 Å². The summed E-state index contributed by atoms with van der Waals surface area (Å²) >= 11 is 0. The fourth-order valence-electron chi connectivity index (χ4n) is 6.07. The molecule has 0 aliphatic carbocycles. The first kappa shape index (κ1) is 32.8. The van der Waals surface area contributed by atoms with E-state index in [0.29, 0.717) is 34.3 Å². The maximum absolute atomic E-state index is 14.5. The molecule has 1 N–H and O–H groups in total. The zero-order valence-electron chi connectivity index (χ0n) is 26.3. The van der Waals surface area contributed by atoms with Gasteiger partial charge in [-0.25, -0.2) is 8.42 Å². The third kappa shape index (κ3) is 6.16. The lowest BCUT2D eigenvalue weighted by Crippen LogP contribution is -2.40. The average molecular weight is 666 g/mol. The lowest BCUT2D eigenvalue weighted by atomic mass is 9.78. The van der Waals surface area contributed by atoms with Crippen LogP contribution in [0.5, 0.6) is 5.75 Å². The Morgan fingerprint density at radius 3 is 2.40 bits per heavy atom. The summed E-state index contributed by atoms with van der Waals surface area (Å²) < 4.78 is 86.6. The molecule has 0 saturated carbocycles. The van der Waals surface area contributed by atoms with Crippen molar-refractivity contribution in [1.82, 2.24) is 4.31 Å². The molecule has 1 atom stereocenters. The minimum atomic E-state index is -4.72. The van der Waals surface area contributed by atoms with E-state index >= 15 is 0 Å². The van der Waals surface area contributed by atoms with Crippen LogP contribution in [0.2, 0.25) is 0 Å². The predicted octanol–water partition coefficient (Wildman–Crippen LogP) is 7.95. The highest BCUT2D eigenvalue weighted by atomic mass is 32.2. The van der Waals surface area contributed by atoms with Crippen LogP contribution in [0, 0.1) is 6.92 Å². The van der Waals surface area contributed by atoms with E-state index in [1.165, 1.54) is 7.11 Å². The molecule has 11 heteroatoms. The number of benzene rings is 4. The maximum atomic E-state index is 14.5. The second kappa shape index (κ2) is 12.1. The summed E-state index contributed by atoms with van der Waals surface area (Å²) in [7, 11) is -2.82. The third-order valence-corrected chi connectivity index (χ3v) is 10.7. The highest BCUT2D eigenvalue weighted by Crippen LogP contribution is 2.40. The van der Waals surface area contributed by atoms with Crippen molar-refractivity contribution < 1.29 is 40.6 Å². The van der Waals surface area contributed by atoms with E-state index in [-0.39, 0.29) is 17.2 Å². The van der Waals surface area contributed by atoms with Gasteiger partial charge >= 0.3 is 6.18 Å². The van der Waals surface area contributed by atoms with Crippen LogP contribution in [0.4, 0.5) is 13.2 Å². The number of ether oxygens (including phenoxy) is 2. The van der Waals surface area contributed by atoms with Crippen molar-refractivity contribution in [2.24, 2.45) is 0 Å². The summed E-state index contributed by atoms with van der Waals surface area (Å²) in [5.41, 5.74) is 3.95. The van der Waals surface area contributed by atoms with Crippen LogP contribution in [-0.4, -0.2) is 31.2 Å². The number of aliphatic hydroxyl groups excluding tert-OH is 1. The van der Waals surface area contributed by atoms with Crippen molar-refractivity contribution in [3.05, 3.63) is 119 Å². The van der Waals surface area contributed by atoms with Crippen LogP contribution in [0.3, 0.4) is 0 Å². The number of alkyl halides is 3. The molecule has 0 radical (unpaired) electrons. The molecule has 0 bridgehead atoms. The molecular formula is C36H34F3NO6S. The van der Waals surface area contributed by atoms with Gasteiger partial charge in [0.15, 0.2) is 6.29 Å². The highest BCUT2D eigenvalue weighted by Gasteiger charge is 2.38. The largest absolute Gasteiger partial charge is 0.496 e. The van der Waals surface area contributed by atoms with E-state index in [0.717, 1.165) is 38.7 Å². The molecule has 1 aliphatic rings. The van der Waals surface area contributed by atoms with E-state index < -0.39 is 40.2 Å². The molecule has 7 nitrogen and oxygen atoms in total. The van der Waals surface area contributed by atoms with Crippen LogP contribution in [0.25, 0.3) is 21.9 Å². The van der Waals surface area contributed by atoms with E-state index in [1.54, 1.807) is 49.4 Å². The molecule has 0 saturated heterocycles. The number of hydrogen-bond acceptors (Lipinski definition) is 6. The van der Waals surface area contributed by atoms with Gasteiger partial charge in [0.25, 0.3) is 0 Å². The zero-order valence-corrected chi connectivity index (χ0v) is 27.1. The van der Waals surface area contributed by atoms with Crippen molar-refractivity contribution in [3.8, 4) is 16.9 Å². The van der Waals surface area contributed by atoms with Crippen LogP contribution in [0.1, 0.15) is 47.6 Å². The maximum Gasteiger partial charge on any atom is 0.449 e. The first-order valence-electron chi connectivity index (χ1n) is 14.9. The first-order valence-corrected chi connectivity index (χ1v) is 16.4. The molecule has 4 aromatic carbocycles. The lowest BCUT2D eigenvalue weighted by molar-refractivity contribution is -0.157. The van der Waals surface area contributed by atoms with E-state index in [4.69, 9.17) is 13.9 Å². The quantitative estimate of drug-likeness (QED) is 0.181. The van der Waals surface area contributed by atoms with E-state index in [1.807, 2.05) is 44.2 Å². The zero-order chi connectivity index (χ0) is 33.7. The molecule has 0 spiro atoms. The highest BCUT2D eigenvalue weighted by molar-refractivity contribution is 7.89. The Labute approximate surface area is 271 Å². The minimum absolute atomic E-state index is 0.0663. The monoisotopic (exact) mass is 665 g/mol. The SMILES string of the molecule is COc1cc(-c2ccc3c(c2)C(C)(C)C(O)OC3)ccc1CN(Cc1ccc(C(F)(F)F)o1)S(=O)(=O)c1c(C)ccc2ccccc12. The summed E-state index contributed by atoms with van der Waals surface area (Å²) in [4.78, 5) is 0.0663. The summed E-state index contributed by atoms with van der Waals surface area (Å²) in [6, 6.07) is 23.8. The average Bonchev–Trinajstić information content (AvgIpc) is 3.52. The van der Waals surface area contributed by atoms with Crippen molar-refractivity contribution in [2.75, 3.05) is 7.11 Å². The van der Waals surface area contributed by atoms with Gasteiger partial charge in [0.05, 0.1) is 25.2 Å². The van der Waals surface area contributed by atoms with Crippen LogP contribution in [0.15, 0.2) is 94.2 Å². The Bertz CT molecular complexity index is 2070. The molecule has 1 unspecified atom stereocenters. The number of fused-ring (bicyclic) bond motifs is 2. The molecule has 0 fully saturated rings. The van der Waals surface area contributed by atoms with Gasteiger partial charge in [0, 0.05) is 22.9 Å². The lowest BCUT2D eigenvalue weighted by Gasteiger charge is -2.37. The predicted molar refractivity (Wildman–Crippen MR) is 171 cm³/mol. The Kier molecular flexibility index (Phi) is 8.46. The van der Waals surface area contributed by atoms with Gasteiger partial charge in [-0.05, 0) is 58.3 Å². The second-order valence-electron chi connectivity index (χ2n) is 12.3. The molecule has 0 amide bonds. The topological polar surface area (TPSA) is 89.2 Å². The summed E-state index contributed by atoms with van der Waals surface area (Å²) in [6.45, 7) is 5.14. The number of aliphatic hydroxyl groups is 1. The Morgan fingerprint density at radius 2 is 1.68 bits per heavy atom. The molecule has 5 aromatic rings. The van der Waals surface area contributed by atoms with Gasteiger partial charge in [-0.3, -0.25) is 0 Å². The number of furan rings is 1. The van der Waals surface area contributed by atoms with Crippen LogP contribution >= 0.6 is 0 Å². The molecule has 246 valence electrons. The Morgan fingerprint density at radius 1 is 0.957 bits per heavy atom. The van der Waals surface area contributed by atoms with Crippen molar-refractivity contribution in [3.63, 3.8) is 0 Å². The van der Waals surface area contributed by atoms with Gasteiger partial charge in [0.2, 0.25) is 15.8 Å². The number of halogens is 3. The van der Waals surface area contributed by atoms with Gasteiger partial charge < -0.3 is 19.0 Å². The molecular weight excluding hydrogens is 631 g/mol. The molecule has 2 heterocycles. The van der Waals surface area contributed by atoms with Gasteiger partial charge in [-0.15, -0.1) is 0 Å². The summed E-state index contributed by atoms with van der Waals surface area (Å²) in [5, 5.41) is 11.7. The van der Waals surface area contributed by atoms with Crippen molar-refractivity contribution >= 4 is 20.8 Å². The summed E-state index contributed by atoms with van der Waals surface area (Å²) in [5.74, 6) is -0.967. The van der Waals surface area contributed by atoms with E-state index in [2.05, 4.69) is 0 Å². The molecule has 6 rings (SSSR count). The fourth-order valence-corrected chi connectivity index (χ4v) is 7.88. The third-order valence-electron chi connectivity index (χ3n) is 8.73. The number of aryl methyl sites for hydroxylation is 1. The Hall–Kier alpha value is -4.16.